The van der Waals surface area contributed by atoms with E-state index in [2.05, 4.69) is 317 Å². The summed E-state index contributed by atoms with van der Waals surface area (Å²) in [7, 11) is 0. The minimum absolute atomic E-state index is 1.10. The highest BCUT2D eigenvalue weighted by Gasteiger charge is 2.24. The number of aryl methyl sites for hydroxylation is 4. The SMILES string of the molecule is Cc1ccc(N(c2cccc(-c3ccc(-c4cccc5ccccc45)cc3)c2)c2cc3c4ccccc4c(N(c4cccc(-c5ccc(-c6cccc7ccccc67)cc5)c4)c4ccc(C)cc4C)cc3c3ccccc23)c(C)c1. The van der Waals surface area contributed by atoms with Gasteiger partial charge in [-0.05, 0) is 175 Å². The molecule has 0 saturated carbocycles. The highest BCUT2D eigenvalue weighted by Crippen LogP contribution is 2.49. The van der Waals surface area contributed by atoms with Gasteiger partial charge >= 0.3 is 0 Å². The lowest BCUT2D eigenvalue weighted by Gasteiger charge is -2.31. The average molecular weight is 1020 g/mol. The molecule has 0 fully saturated rings. The van der Waals surface area contributed by atoms with E-state index >= 15 is 0 Å². The van der Waals surface area contributed by atoms with Crippen molar-refractivity contribution in [2.75, 3.05) is 9.80 Å². The topological polar surface area (TPSA) is 6.48 Å². The molecule has 14 rings (SSSR count). The summed E-state index contributed by atoms with van der Waals surface area (Å²) >= 11 is 0. The van der Waals surface area contributed by atoms with Crippen LogP contribution in [-0.2, 0) is 0 Å². The molecule has 14 aromatic carbocycles. The van der Waals surface area contributed by atoms with Crippen LogP contribution in [0.2, 0.25) is 0 Å². The van der Waals surface area contributed by atoms with Gasteiger partial charge in [0.05, 0.1) is 11.4 Å². The van der Waals surface area contributed by atoms with Crippen molar-refractivity contribution in [3.05, 3.63) is 301 Å². The summed E-state index contributed by atoms with van der Waals surface area (Å²) in [6.07, 6.45) is 0. The van der Waals surface area contributed by atoms with Crippen molar-refractivity contribution < 1.29 is 0 Å². The van der Waals surface area contributed by atoms with Crippen LogP contribution in [0, 0.1) is 27.7 Å². The van der Waals surface area contributed by atoms with E-state index in [9.17, 15) is 0 Å². The zero-order valence-electron chi connectivity index (χ0n) is 45.5. The lowest BCUT2D eigenvalue weighted by atomic mass is 9.92. The van der Waals surface area contributed by atoms with Crippen LogP contribution >= 0.6 is 0 Å². The molecule has 0 bridgehead atoms. The third-order valence-corrected chi connectivity index (χ3v) is 16.4. The summed E-state index contributed by atoms with van der Waals surface area (Å²) in [5.41, 5.74) is 21.2. The van der Waals surface area contributed by atoms with Crippen LogP contribution in [0.15, 0.2) is 279 Å². The van der Waals surface area contributed by atoms with Gasteiger partial charge in [-0.1, -0.05) is 242 Å². The molecule has 0 aliphatic heterocycles. The van der Waals surface area contributed by atoms with Crippen molar-refractivity contribution in [2.45, 2.75) is 27.7 Å². The molecule has 0 atom stereocenters. The molecule has 0 amide bonds. The number of anilines is 6. The molecule has 0 heterocycles. The van der Waals surface area contributed by atoms with E-state index in [4.69, 9.17) is 0 Å². The van der Waals surface area contributed by atoms with Crippen LogP contribution in [0.4, 0.5) is 34.1 Å². The zero-order valence-corrected chi connectivity index (χ0v) is 45.5. The lowest BCUT2D eigenvalue weighted by Crippen LogP contribution is -2.13. The molecule has 80 heavy (non-hydrogen) atoms. The normalized spacial score (nSPS) is 11.5. The molecule has 2 nitrogen and oxygen atoms in total. The van der Waals surface area contributed by atoms with E-state index in [1.54, 1.807) is 0 Å². The van der Waals surface area contributed by atoms with Gasteiger partial charge in [0.15, 0.2) is 0 Å². The quantitative estimate of drug-likeness (QED) is 0.126. The monoisotopic (exact) mass is 1020 g/mol. The van der Waals surface area contributed by atoms with Crippen molar-refractivity contribution in [1.29, 1.82) is 0 Å². The van der Waals surface area contributed by atoms with Crippen LogP contribution in [0.25, 0.3) is 98.4 Å². The Morgan fingerprint density at radius 3 is 0.975 bits per heavy atom. The van der Waals surface area contributed by atoms with Crippen LogP contribution in [0.3, 0.4) is 0 Å². The number of nitrogens with zero attached hydrogens (tertiary/aromatic N) is 2. The molecule has 2 heteroatoms. The van der Waals surface area contributed by atoms with Crippen molar-refractivity contribution in [2.24, 2.45) is 0 Å². The van der Waals surface area contributed by atoms with Crippen LogP contribution < -0.4 is 9.80 Å². The summed E-state index contributed by atoms with van der Waals surface area (Å²) in [6.45, 7) is 8.85. The third-order valence-electron chi connectivity index (χ3n) is 16.4. The molecule has 380 valence electrons. The summed E-state index contributed by atoms with van der Waals surface area (Å²) in [5, 5.41) is 12.2. The molecule has 0 unspecified atom stereocenters. The Morgan fingerprint density at radius 1 is 0.212 bits per heavy atom. The summed E-state index contributed by atoms with van der Waals surface area (Å²) in [5.74, 6) is 0. The number of fused-ring (bicyclic) bond motifs is 7. The fourth-order valence-corrected chi connectivity index (χ4v) is 12.5. The Kier molecular flexibility index (Phi) is 12.1. The lowest BCUT2D eigenvalue weighted by molar-refractivity contribution is 1.25. The van der Waals surface area contributed by atoms with Crippen LogP contribution in [-0.4, -0.2) is 0 Å². The first-order chi connectivity index (χ1) is 39.3. The van der Waals surface area contributed by atoms with E-state index in [-0.39, 0.29) is 0 Å². The van der Waals surface area contributed by atoms with Gasteiger partial charge in [-0.25, -0.2) is 0 Å². The minimum Gasteiger partial charge on any atom is -0.310 e. The van der Waals surface area contributed by atoms with E-state index < -0.39 is 0 Å². The second kappa shape index (κ2) is 20.1. The summed E-state index contributed by atoms with van der Waals surface area (Å²) in [4.78, 5) is 4.99. The first kappa shape index (κ1) is 48.4. The summed E-state index contributed by atoms with van der Waals surface area (Å²) < 4.78 is 0. The van der Waals surface area contributed by atoms with E-state index in [1.165, 1.54) is 109 Å². The summed E-state index contributed by atoms with van der Waals surface area (Å²) in [6, 6.07) is 103. The Bertz CT molecular complexity index is 4390. The second-order valence-electron chi connectivity index (χ2n) is 21.5. The first-order valence-electron chi connectivity index (χ1n) is 27.8. The van der Waals surface area contributed by atoms with Crippen LogP contribution in [0.5, 0.6) is 0 Å². The fourth-order valence-electron chi connectivity index (χ4n) is 12.5. The number of benzene rings is 14. The first-order valence-corrected chi connectivity index (χ1v) is 27.8. The third kappa shape index (κ3) is 8.63. The number of hydrogen-bond donors (Lipinski definition) is 0. The predicted octanol–water partition coefficient (Wildman–Crippen LogP) is 22.3. The molecule has 0 aromatic heterocycles. The molecule has 0 aliphatic rings. The molecule has 0 spiro atoms. The van der Waals surface area contributed by atoms with Gasteiger partial charge in [-0.3, -0.25) is 0 Å². The fraction of sp³-hybridized carbons (Fsp3) is 0.0513. The largest absolute Gasteiger partial charge is 0.310 e. The van der Waals surface area contributed by atoms with Crippen molar-refractivity contribution >= 4 is 88.0 Å². The highest BCUT2D eigenvalue weighted by molar-refractivity contribution is 6.25. The standard InChI is InChI=1S/C78H58N2/c1-51-33-43-75(53(3)45-51)79(63-23-13-21-61(47-63)55-35-39-59(40-36-55)67-31-15-19-57-17-5-7-25-65(57)67)77-49-73-70-28-10-12-30-72(70)78(50-74(73)69-27-9-11-29-71(69)77)80(76-44-34-52(2)46-54(76)4)64-24-14-22-62(48-64)56-37-41-60(42-38-56)68-32-16-20-58-18-6-8-26-66(58)68/h5-50H,1-4H3. The molecule has 0 saturated heterocycles. The molecule has 14 aromatic rings. The van der Waals surface area contributed by atoms with Gasteiger partial charge in [0.25, 0.3) is 0 Å². The minimum atomic E-state index is 1.10. The van der Waals surface area contributed by atoms with Gasteiger partial charge in [0, 0.05) is 33.5 Å². The predicted molar refractivity (Wildman–Crippen MR) is 344 cm³/mol. The highest BCUT2D eigenvalue weighted by atomic mass is 15.2. The Labute approximate surface area is 468 Å². The maximum absolute atomic E-state index is 2.50. The number of rotatable bonds is 10. The Morgan fingerprint density at radius 2 is 0.562 bits per heavy atom. The van der Waals surface area contributed by atoms with E-state index in [0.29, 0.717) is 0 Å². The van der Waals surface area contributed by atoms with Crippen molar-refractivity contribution in [3.63, 3.8) is 0 Å². The average Bonchev–Trinajstić information content (AvgIpc) is 3.65. The van der Waals surface area contributed by atoms with E-state index in [1.807, 2.05) is 0 Å². The number of hydrogen-bond acceptors (Lipinski definition) is 2. The molecular formula is C78H58N2. The molecule has 0 N–H and O–H groups in total. The van der Waals surface area contributed by atoms with Gasteiger partial charge in [-0.15, -0.1) is 0 Å². The van der Waals surface area contributed by atoms with Crippen molar-refractivity contribution in [3.8, 4) is 44.5 Å². The van der Waals surface area contributed by atoms with E-state index in [0.717, 1.165) is 45.3 Å². The Hall–Kier alpha value is -10.0. The molecule has 0 aliphatic carbocycles. The smallest absolute Gasteiger partial charge is 0.0546 e. The maximum Gasteiger partial charge on any atom is 0.0546 e. The second-order valence-corrected chi connectivity index (χ2v) is 21.5. The van der Waals surface area contributed by atoms with Gasteiger partial charge < -0.3 is 9.80 Å². The van der Waals surface area contributed by atoms with Gasteiger partial charge in [0.1, 0.15) is 0 Å². The van der Waals surface area contributed by atoms with Crippen LogP contribution in [0.1, 0.15) is 22.3 Å². The van der Waals surface area contributed by atoms with Gasteiger partial charge in [0.2, 0.25) is 0 Å². The zero-order chi connectivity index (χ0) is 53.8. The van der Waals surface area contributed by atoms with Gasteiger partial charge in [-0.2, -0.15) is 0 Å². The van der Waals surface area contributed by atoms with Crippen molar-refractivity contribution in [1.82, 2.24) is 0 Å². The molecule has 0 radical (unpaired) electrons. The molecular weight excluding hydrogens is 965 g/mol. The maximum atomic E-state index is 2.50. The Balaban J connectivity index is 0.922.